The Morgan fingerprint density at radius 3 is 2.48 bits per heavy atom. The van der Waals surface area contributed by atoms with Gasteiger partial charge in [-0.05, 0) is 24.6 Å². The van der Waals surface area contributed by atoms with E-state index in [4.69, 9.17) is 4.74 Å². The fraction of sp³-hybridized carbons (Fsp3) is 0.409. The summed E-state index contributed by atoms with van der Waals surface area (Å²) in [5.74, 6) is -0.454. The highest BCUT2D eigenvalue weighted by molar-refractivity contribution is 7.93. The molecule has 0 radical (unpaired) electrons. The topological polar surface area (TPSA) is 107 Å². The van der Waals surface area contributed by atoms with Gasteiger partial charge in [0.25, 0.3) is 15.7 Å². The van der Waals surface area contributed by atoms with Gasteiger partial charge in [0, 0.05) is 30.4 Å². The molecule has 9 heteroatoms. The predicted molar refractivity (Wildman–Crippen MR) is 115 cm³/mol. The van der Waals surface area contributed by atoms with Gasteiger partial charge in [-0.3, -0.25) is 19.2 Å². The van der Waals surface area contributed by atoms with Crippen LogP contribution < -0.4 is 4.31 Å². The number of benzene rings is 2. The second-order valence-corrected chi connectivity index (χ2v) is 10.2. The van der Waals surface area contributed by atoms with Gasteiger partial charge in [-0.15, -0.1) is 0 Å². The number of ether oxygens (including phenoxy) is 1. The van der Waals surface area contributed by atoms with Crippen LogP contribution in [0.3, 0.4) is 0 Å². The van der Waals surface area contributed by atoms with Crippen LogP contribution in [0.25, 0.3) is 0 Å². The normalized spacial score (nSPS) is 24.5. The first-order valence-corrected chi connectivity index (χ1v) is 11.6. The summed E-state index contributed by atoms with van der Waals surface area (Å²) in [5, 5.41) is 11.6. The van der Waals surface area contributed by atoms with Crippen LogP contribution in [0.1, 0.15) is 38.7 Å². The maximum absolute atomic E-state index is 13.9. The third-order valence-electron chi connectivity index (χ3n) is 6.35. The maximum atomic E-state index is 13.9. The standard InChI is InChI=1S/C22H24N2O6S/c1-4-30-17-13-19(25)22(2,3)21-20(17)14-9-5-6-10-15(14)23(21)31(28,29)18-12-8-7-11-16(18)24(26)27/h5-12,17,20-21H,4,13H2,1-3H3/t17-,20-,21-/m1/s1. The molecule has 1 saturated carbocycles. The monoisotopic (exact) mass is 444 g/mol. The van der Waals surface area contributed by atoms with Gasteiger partial charge >= 0.3 is 0 Å². The minimum absolute atomic E-state index is 0.0947. The Hall–Kier alpha value is -2.78. The minimum Gasteiger partial charge on any atom is -0.377 e. The van der Waals surface area contributed by atoms with E-state index < -0.39 is 43.1 Å². The van der Waals surface area contributed by atoms with Gasteiger partial charge in [0.2, 0.25) is 0 Å². The number of anilines is 1. The van der Waals surface area contributed by atoms with E-state index >= 15 is 0 Å². The van der Waals surface area contributed by atoms with Crippen LogP contribution in [0.4, 0.5) is 11.4 Å². The smallest absolute Gasteiger partial charge is 0.289 e. The lowest BCUT2D eigenvalue weighted by atomic mass is 9.65. The van der Waals surface area contributed by atoms with E-state index in [-0.39, 0.29) is 18.1 Å². The van der Waals surface area contributed by atoms with Crippen molar-refractivity contribution < 1.29 is 22.9 Å². The van der Waals surface area contributed by atoms with Crippen LogP contribution in [-0.2, 0) is 19.6 Å². The molecule has 4 rings (SSSR count). The second kappa shape index (κ2) is 7.42. The molecule has 1 fully saturated rings. The summed E-state index contributed by atoms with van der Waals surface area (Å²) in [6.45, 7) is 5.70. The highest BCUT2D eigenvalue weighted by Gasteiger charge is 2.60. The van der Waals surface area contributed by atoms with Crippen molar-refractivity contribution in [1.82, 2.24) is 0 Å². The van der Waals surface area contributed by atoms with E-state index in [1.807, 2.05) is 19.1 Å². The van der Waals surface area contributed by atoms with Gasteiger partial charge in [-0.2, -0.15) is 0 Å². The number of nitro benzene ring substituents is 1. The number of nitro groups is 1. The van der Waals surface area contributed by atoms with Crippen LogP contribution >= 0.6 is 0 Å². The zero-order valence-corrected chi connectivity index (χ0v) is 18.3. The molecule has 0 bridgehead atoms. The average molecular weight is 445 g/mol. The van der Waals surface area contributed by atoms with Gasteiger partial charge in [0.05, 0.1) is 22.8 Å². The van der Waals surface area contributed by atoms with Crippen molar-refractivity contribution >= 4 is 27.2 Å². The molecule has 1 aliphatic carbocycles. The quantitative estimate of drug-likeness (QED) is 0.515. The van der Waals surface area contributed by atoms with Gasteiger partial charge in [-0.1, -0.05) is 44.2 Å². The van der Waals surface area contributed by atoms with Crippen LogP contribution in [0.15, 0.2) is 53.4 Å². The Morgan fingerprint density at radius 1 is 1.16 bits per heavy atom. The molecule has 0 unspecified atom stereocenters. The number of ketones is 1. The van der Waals surface area contributed by atoms with E-state index in [2.05, 4.69) is 0 Å². The molecule has 2 aromatic carbocycles. The Balaban J connectivity index is 1.98. The molecule has 0 N–H and O–H groups in total. The first-order valence-electron chi connectivity index (χ1n) is 10.1. The summed E-state index contributed by atoms with van der Waals surface area (Å²) in [6, 6.07) is 11.6. The Morgan fingerprint density at radius 2 is 1.81 bits per heavy atom. The van der Waals surface area contributed by atoms with Gasteiger partial charge in [-0.25, -0.2) is 8.42 Å². The fourth-order valence-electron chi connectivity index (χ4n) is 4.91. The largest absolute Gasteiger partial charge is 0.377 e. The van der Waals surface area contributed by atoms with Crippen molar-refractivity contribution in [3.05, 3.63) is 64.2 Å². The predicted octanol–water partition coefficient (Wildman–Crippen LogP) is 3.66. The lowest BCUT2D eigenvalue weighted by Crippen LogP contribution is -2.57. The van der Waals surface area contributed by atoms with E-state index in [0.29, 0.717) is 12.3 Å². The third kappa shape index (κ3) is 3.14. The zero-order valence-electron chi connectivity index (χ0n) is 17.5. The van der Waals surface area contributed by atoms with Crippen molar-refractivity contribution in [2.24, 2.45) is 5.41 Å². The fourth-order valence-corrected chi connectivity index (χ4v) is 6.90. The van der Waals surface area contributed by atoms with Crippen molar-refractivity contribution in [2.75, 3.05) is 10.9 Å². The van der Waals surface area contributed by atoms with Crippen LogP contribution in [-0.4, -0.2) is 37.9 Å². The van der Waals surface area contributed by atoms with Crippen molar-refractivity contribution in [2.45, 2.75) is 50.2 Å². The van der Waals surface area contributed by atoms with E-state index in [1.165, 1.54) is 28.6 Å². The summed E-state index contributed by atoms with van der Waals surface area (Å²) < 4.78 is 34.9. The molecule has 0 amide bonds. The number of carbonyl (C=O) groups excluding carboxylic acids is 1. The number of carbonyl (C=O) groups is 1. The molecule has 3 atom stereocenters. The van der Waals surface area contributed by atoms with Gasteiger partial charge in [0.15, 0.2) is 4.90 Å². The van der Waals surface area contributed by atoms with Gasteiger partial charge in [0.1, 0.15) is 5.78 Å². The lowest BCUT2D eigenvalue weighted by Gasteiger charge is -2.46. The lowest BCUT2D eigenvalue weighted by molar-refractivity contribution is -0.387. The SMILES string of the molecule is CCO[C@@H]1CC(=O)C(C)(C)[C@H]2[C@@H]1c1ccccc1N2S(=O)(=O)c1ccccc1[N+](=O)[O-]. The van der Waals surface area contributed by atoms with Crippen molar-refractivity contribution in [3.63, 3.8) is 0 Å². The Bertz CT molecular complexity index is 1160. The second-order valence-electron chi connectivity index (χ2n) is 8.40. The number of hydrogen-bond donors (Lipinski definition) is 0. The summed E-state index contributed by atoms with van der Waals surface area (Å²) in [5.41, 5.74) is -0.296. The maximum Gasteiger partial charge on any atom is 0.289 e. The van der Waals surface area contributed by atoms with Gasteiger partial charge < -0.3 is 4.74 Å². The molecule has 1 aliphatic heterocycles. The summed E-state index contributed by atoms with van der Waals surface area (Å²) >= 11 is 0. The molecule has 2 aromatic rings. The highest BCUT2D eigenvalue weighted by atomic mass is 32.2. The molecule has 8 nitrogen and oxygen atoms in total. The number of rotatable bonds is 5. The highest BCUT2D eigenvalue weighted by Crippen LogP contribution is 2.55. The van der Waals surface area contributed by atoms with Crippen LogP contribution in [0, 0.1) is 15.5 Å². The minimum atomic E-state index is -4.35. The van der Waals surface area contributed by atoms with Crippen molar-refractivity contribution in [3.8, 4) is 0 Å². The summed E-state index contributed by atoms with van der Waals surface area (Å²) in [7, 11) is -4.35. The molecule has 0 saturated heterocycles. The van der Waals surface area contributed by atoms with Crippen LogP contribution in [0.5, 0.6) is 0 Å². The molecule has 1 heterocycles. The number of nitrogens with zero attached hydrogens (tertiary/aromatic N) is 2. The third-order valence-corrected chi connectivity index (χ3v) is 8.19. The number of para-hydroxylation sites is 2. The van der Waals surface area contributed by atoms with E-state index in [1.54, 1.807) is 26.0 Å². The first kappa shape index (κ1) is 21.5. The number of Topliss-reactive ketones (excluding diaryl/α,β-unsaturated/α-hetero) is 1. The molecule has 164 valence electrons. The molecule has 0 spiro atoms. The first-order chi connectivity index (χ1) is 14.6. The summed E-state index contributed by atoms with van der Waals surface area (Å²) in [6.07, 6.45) is -0.280. The zero-order chi connectivity index (χ0) is 22.6. The molecular weight excluding hydrogens is 420 g/mol. The van der Waals surface area contributed by atoms with E-state index in [9.17, 15) is 23.3 Å². The number of sulfonamides is 1. The molecule has 0 aromatic heterocycles. The molecular formula is C22H24N2O6S. The van der Waals surface area contributed by atoms with E-state index in [0.717, 1.165) is 5.56 Å². The molecule has 31 heavy (non-hydrogen) atoms. The Labute approximate surface area is 181 Å². The number of hydrogen-bond acceptors (Lipinski definition) is 6. The Kier molecular flexibility index (Phi) is 5.13. The van der Waals surface area contributed by atoms with Crippen molar-refractivity contribution in [1.29, 1.82) is 0 Å². The number of fused-ring (bicyclic) bond motifs is 3. The molecule has 2 aliphatic rings. The average Bonchev–Trinajstić information content (AvgIpc) is 3.09. The van der Waals surface area contributed by atoms with Crippen LogP contribution in [0.2, 0.25) is 0 Å². The summed E-state index contributed by atoms with van der Waals surface area (Å²) in [4.78, 5) is 23.6.